The van der Waals surface area contributed by atoms with Gasteiger partial charge in [0.15, 0.2) is 0 Å². The Morgan fingerprint density at radius 2 is 1.81 bits per heavy atom. The maximum absolute atomic E-state index is 6.64. The molecule has 3 aliphatic rings. The van der Waals surface area contributed by atoms with Gasteiger partial charge in [-0.15, -0.1) is 0 Å². The first kappa shape index (κ1) is 19.8. The van der Waals surface area contributed by atoms with E-state index in [0.717, 1.165) is 30.8 Å². The van der Waals surface area contributed by atoms with Crippen LogP contribution in [-0.2, 0) is 0 Å². The number of aliphatic imine (C=N–C) groups is 1. The van der Waals surface area contributed by atoms with Crippen molar-refractivity contribution in [3.8, 4) is 0 Å². The Bertz CT molecular complexity index is 1180. The fourth-order valence-corrected chi connectivity index (χ4v) is 4.69. The Hall–Kier alpha value is -3.10. The molecule has 1 unspecified atom stereocenters. The molecule has 154 valence electrons. The predicted molar refractivity (Wildman–Crippen MR) is 133 cm³/mol. The number of nitrogens with zero attached hydrogens (tertiary/aromatic N) is 1. The Kier molecular flexibility index (Phi) is 5.73. The van der Waals surface area contributed by atoms with E-state index in [4.69, 9.17) is 11.6 Å². The van der Waals surface area contributed by atoms with Gasteiger partial charge in [-0.2, -0.15) is 0 Å². The number of halogens is 1. The molecule has 0 radical (unpaired) electrons. The van der Waals surface area contributed by atoms with Crippen molar-refractivity contribution >= 4 is 34.5 Å². The smallest absolute Gasteiger partial charge is 0.0401 e. The van der Waals surface area contributed by atoms with Crippen LogP contribution in [0.4, 0.5) is 0 Å². The highest BCUT2D eigenvalue weighted by molar-refractivity contribution is 6.30. The van der Waals surface area contributed by atoms with Crippen LogP contribution in [0, 0.1) is 0 Å². The lowest BCUT2D eigenvalue weighted by Gasteiger charge is -2.21. The third kappa shape index (κ3) is 4.50. The quantitative estimate of drug-likeness (QED) is 0.556. The summed E-state index contributed by atoms with van der Waals surface area (Å²) in [5, 5.41) is 4.20. The second kappa shape index (κ2) is 8.95. The molecule has 2 aromatic rings. The first-order chi connectivity index (χ1) is 15.3. The number of benzene rings is 2. The zero-order valence-corrected chi connectivity index (χ0v) is 18.1. The van der Waals surface area contributed by atoms with Gasteiger partial charge in [-0.1, -0.05) is 66.2 Å². The Morgan fingerprint density at radius 1 is 0.968 bits per heavy atom. The molecule has 31 heavy (non-hydrogen) atoms. The lowest BCUT2D eigenvalue weighted by molar-refractivity contribution is 0.845. The van der Waals surface area contributed by atoms with Crippen LogP contribution in [0.1, 0.15) is 47.4 Å². The second-order valence-electron chi connectivity index (χ2n) is 8.19. The van der Waals surface area contributed by atoms with E-state index in [1.54, 1.807) is 0 Å². The minimum atomic E-state index is 0.266. The fraction of sp³-hybridized carbons (Fsp3) is 0.179. The van der Waals surface area contributed by atoms with E-state index in [-0.39, 0.29) is 5.92 Å². The van der Waals surface area contributed by atoms with Crippen molar-refractivity contribution < 1.29 is 0 Å². The third-order valence-corrected chi connectivity index (χ3v) is 6.31. The van der Waals surface area contributed by atoms with E-state index in [1.165, 1.54) is 39.0 Å². The average Bonchev–Trinajstić information content (AvgIpc) is 2.85. The van der Waals surface area contributed by atoms with Crippen LogP contribution in [0.5, 0.6) is 0 Å². The van der Waals surface area contributed by atoms with Crippen LogP contribution in [-0.4, -0.2) is 12.8 Å². The molecule has 0 amide bonds. The number of nitrogens with one attached hydrogen (secondary N) is 1. The fourth-order valence-electron chi connectivity index (χ4n) is 4.40. The van der Waals surface area contributed by atoms with Crippen molar-refractivity contribution in [2.45, 2.75) is 25.2 Å². The molecule has 0 saturated heterocycles. The molecular formula is C28H25ClN2. The Labute approximate surface area is 189 Å². The molecule has 0 spiro atoms. The predicted octanol–water partition coefficient (Wildman–Crippen LogP) is 7.09. The van der Waals surface area contributed by atoms with Gasteiger partial charge in [0.05, 0.1) is 0 Å². The van der Waals surface area contributed by atoms with Gasteiger partial charge in [-0.3, -0.25) is 4.99 Å². The molecule has 0 bridgehead atoms. The van der Waals surface area contributed by atoms with Gasteiger partial charge in [-0.25, -0.2) is 0 Å². The SMILES string of the molecule is ClC1=CC(c2cccc(C3=CN=CCC3)c2)=CC(c2cccc(C3=CC=CNC3)c2)C1. The summed E-state index contributed by atoms with van der Waals surface area (Å²) < 4.78 is 0. The van der Waals surface area contributed by atoms with Gasteiger partial charge in [-0.05, 0) is 82.7 Å². The summed E-state index contributed by atoms with van der Waals surface area (Å²) >= 11 is 6.64. The monoisotopic (exact) mass is 424 g/mol. The molecule has 2 heterocycles. The maximum atomic E-state index is 6.64. The van der Waals surface area contributed by atoms with Crippen molar-refractivity contribution in [3.63, 3.8) is 0 Å². The summed E-state index contributed by atoms with van der Waals surface area (Å²) in [6.07, 6.45) is 17.6. The summed E-state index contributed by atoms with van der Waals surface area (Å²) in [6.45, 7) is 0.860. The summed E-state index contributed by atoms with van der Waals surface area (Å²) in [5.41, 5.74) is 8.81. The topological polar surface area (TPSA) is 24.4 Å². The van der Waals surface area contributed by atoms with Gasteiger partial charge in [0, 0.05) is 29.9 Å². The molecule has 0 saturated carbocycles. The zero-order valence-electron chi connectivity index (χ0n) is 17.4. The minimum Gasteiger partial charge on any atom is -0.387 e. The van der Waals surface area contributed by atoms with Crippen LogP contribution in [0.3, 0.4) is 0 Å². The normalized spacial score (nSPS) is 20.4. The molecular weight excluding hydrogens is 400 g/mol. The van der Waals surface area contributed by atoms with Gasteiger partial charge in [0.25, 0.3) is 0 Å². The molecule has 2 aliphatic heterocycles. The lowest BCUT2D eigenvalue weighted by atomic mass is 9.85. The standard InChI is InChI=1S/C28H25ClN2/c29-28-16-26(22-7-1-5-20(13-22)24-9-3-11-30-18-24)15-27(17-28)23-8-2-6-21(14-23)25-10-4-12-31-19-25/h1-3,5-9,11-15,17,19,26,30H,4,10,16,18H2. The maximum Gasteiger partial charge on any atom is 0.0401 e. The van der Waals surface area contributed by atoms with Crippen molar-refractivity contribution in [1.29, 1.82) is 0 Å². The molecule has 1 atom stereocenters. The third-order valence-electron chi connectivity index (χ3n) is 6.04. The minimum absolute atomic E-state index is 0.266. The van der Waals surface area contributed by atoms with E-state index < -0.39 is 0 Å². The Balaban J connectivity index is 1.47. The van der Waals surface area contributed by atoms with Gasteiger partial charge in [0.2, 0.25) is 0 Å². The van der Waals surface area contributed by atoms with Crippen LogP contribution >= 0.6 is 11.6 Å². The molecule has 2 nitrogen and oxygen atoms in total. The zero-order chi connectivity index (χ0) is 21.0. The summed E-state index contributed by atoms with van der Waals surface area (Å²) in [5.74, 6) is 0.266. The highest BCUT2D eigenvalue weighted by Gasteiger charge is 2.18. The number of hydrogen-bond donors (Lipinski definition) is 1. The van der Waals surface area contributed by atoms with Crippen LogP contribution in [0.25, 0.3) is 16.7 Å². The van der Waals surface area contributed by atoms with E-state index >= 15 is 0 Å². The Morgan fingerprint density at radius 3 is 2.61 bits per heavy atom. The lowest BCUT2D eigenvalue weighted by Crippen LogP contribution is -2.12. The molecule has 2 aromatic carbocycles. The summed E-state index contributed by atoms with van der Waals surface area (Å²) in [7, 11) is 0. The van der Waals surface area contributed by atoms with Gasteiger partial charge >= 0.3 is 0 Å². The molecule has 1 N–H and O–H groups in total. The summed E-state index contributed by atoms with van der Waals surface area (Å²) in [6, 6.07) is 17.6. The highest BCUT2D eigenvalue weighted by atomic mass is 35.5. The van der Waals surface area contributed by atoms with E-state index in [1.807, 2.05) is 18.6 Å². The first-order valence-electron chi connectivity index (χ1n) is 10.8. The van der Waals surface area contributed by atoms with Crippen LogP contribution < -0.4 is 5.32 Å². The molecule has 0 aromatic heterocycles. The highest BCUT2D eigenvalue weighted by Crippen LogP contribution is 2.38. The van der Waals surface area contributed by atoms with Gasteiger partial charge < -0.3 is 5.32 Å². The van der Waals surface area contributed by atoms with E-state index in [0.29, 0.717) is 0 Å². The average molecular weight is 425 g/mol. The van der Waals surface area contributed by atoms with Crippen molar-refractivity contribution in [1.82, 2.24) is 5.32 Å². The first-order valence-corrected chi connectivity index (χ1v) is 11.2. The van der Waals surface area contributed by atoms with Crippen molar-refractivity contribution in [3.05, 3.63) is 113 Å². The van der Waals surface area contributed by atoms with Crippen molar-refractivity contribution in [2.75, 3.05) is 6.54 Å². The molecule has 0 fully saturated rings. The van der Waals surface area contributed by atoms with Gasteiger partial charge in [0.1, 0.15) is 0 Å². The van der Waals surface area contributed by atoms with E-state index in [2.05, 4.69) is 83.1 Å². The molecule has 3 heteroatoms. The number of hydrogen-bond acceptors (Lipinski definition) is 2. The largest absolute Gasteiger partial charge is 0.387 e. The summed E-state index contributed by atoms with van der Waals surface area (Å²) in [4.78, 5) is 4.34. The molecule has 1 aliphatic carbocycles. The van der Waals surface area contributed by atoms with Crippen LogP contribution in [0.2, 0.25) is 0 Å². The number of dihydropyridines is 1. The number of rotatable bonds is 4. The van der Waals surface area contributed by atoms with E-state index in [9.17, 15) is 0 Å². The molecule has 5 rings (SSSR count). The second-order valence-corrected chi connectivity index (χ2v) is 8.67. The van der Waals surface area contributed by atoms with Crippen molar-refractivity contribution in [2.24, 2.45) is 4.99 Å². The van der Waals surface area contributed by atoms with Crippen LogP contribution in [0.15, 0.2) is 95.3 Å². The number of allylic oxidation sites excluding steroid dienone is 7.